The zero-order valence-electron chi connectivity index (χ0n) is 19.1. The van der Waals surface area contributed by atoms with E-state index in [1.807, 2.05) is 0 Å². The summed E-state index contributed by atoms with van der Waals surface area (Å²) in [6.45, 7) is 1.69. The zero-order valence-corrected chi connectivity index (χ0v) is 19.1. The number of ether oxygens (including phenoxy) is 3. The highest BCUT2D eigenvalue weighted by Crippen LogP contribution is 2.32. The molecule has 3 nitrogen and oxygen atoms in total. The monoisotopic (exact) mass is 482 g/mol. The quantitative estimate of drug-likeness (QED) is 0.243. The van der Waals surface area contributed by atoms with Crippen molar-refractivity contribution in [1.82, 2.24) is 0 Å². The molecule has 4 rings (SSSR count). The lowest BCUT2D eigenvalue weighted by Gasteiger charge is -2.12. The number of benzene rings is 4. The summed E-state index contributed by atoms with van der Waals surface area (Å²) >= 11 is 0. The van der Waals surface area contributed by atoms with E-state index in [0.717, 1.165) is 0 Å². The van der Waals surface area contributed by atoms with Gasteiger partial charge in [-0.3, -0.25) is 0 Å². The Balaban J connectivity index is 1.47. The summed E-state index contributed by atoms with van der Waals surface area (Å²) < 4.78 is 73.7. The zero-order chi connectivity index (χ0) is 24.9. The molecule has 0 spiro atoms. The predicted octanol–water partition coefficient (Wildman–Crippen LogP) is 7.56. The smallest absolute Gasteiger partial charge is 0.201 e. The average molecular weight is 482 g/mol. The molecule has 0 aliphatic heterocycles. The van der Waals surface area contributed by atoms with Gasteiger partial charge < -0.3 is 14.2 Å². The second-order valence-electron chi connectivity index (χ2n) is 7.61. The Hall–Kier alpha value is -4.00. The first-order valence-electron chi connectivity index (χ1n) is 10.9. The van der Waals surface area contributed by atoms with Crippen molar-refractivity contribution in [3.8, 4) is 39.5 Å². The van der Waals surface area contributed by atoms with E-state index in [2.05, 4.69) is 0 Å². The standard InChI is InChI=1S/C28H22F4O3/c1-3-34-24-15-14-23(27(31)28(24)32)18-6-11-21(12-7-18)35-16-19-8-13-22(26(30)25(19)29)17-4-9-20(33-2)10-5-17/h4-15H,3,16H2,1-2H3. The Morgan fingerprint density at radius 1 is 0.571 bits per heavy atom. The third-order valence-corrected chi connectivity index (χ3v) is 5.47. The molecule has 0 amide bonds. The third-order valence-electron chi connectivity index (χ3n) is 5.47. The summed E-state index contributed by atoms with van der Waals surface area (Å²) in [4.78, 5) is 0. The highest BCUT2D eigenvalue weighted by atomic mass is 19.2. The molecule has 0 unspecified atom stereocenters. The fourth-order valence-corrected chi connectivity index (χ4v) is 3.61. The topological polar surface area (TPSA) is 27.7 Å². The van der Waals surface area contributed by atoms with Gasteiger partial charge in [0, 0.05) is 16.7 Å². The molecule has 0 aromatic heterocycles. The number of hydrogen-bond donors (Lipinski definition) is 0. The summed E-state index contributed by atoms with van der Waals surface area (Å²) in [5.74, 6) is -3.22. The van der Waals surface area contributed by atoms with Crippen LogP contribution in [0.3, 0.4) is 0 Å². The van der Waals surface area contributed by atoms with Gasteiger partial charge >= 0.3 is 0 Å². The Labute approximate surface area is 200 Å². The molecule has 0 fully saturated rings. The highest BCUT2D eigenvalue weighted by molar-refractivity contribution is 5.67. The van der Waals surface area contributed by atoms with Crippen molar-refractivity contribution < 1.29 is 31.8 Å². The van der Waals surface area contributed by atoms with Crippen molar-refractivity contribution in [2.45, 2.75) is 13.5 Å². The molecule has 0 aliphatic carbocycles. The number of hydrogen-bond acceptors (Lipinski definition) is 3. The lowest BCUT2D eigenvalue weighted by Crippen LogP contribution is -2.02. The Bertz CT molecular complexity index is 1320. The Kier molecular flexibility index (Phi) is 7.25. The van der Waals surface area contributed by atoms with E-state index in [1.165, 1.54) is 31.4 Å². The molecular formula is C28H22F4O3. The van der Waals surface area contributed by atoms with Gasteiger partial charge in [0.15, 0.2) is 23.2 Å². The van der Waals surface area contributed by atoms with E-state index in [4.69, 9.17) is 14.2 Å². The van der Waals surface area contributed by atoms with Gasteiger partial charge in [-0.2, -0.15) is 4.39 Å². The first-order valence-corrected chi connectivity index (χ1v) is 10.9. The molecular weight excluding hydrogens is 460 g/mol. The molecule has 0 N–H and O–H groups in total. The van der Waals surface area contributed by atoms with Crippen LogP contribution in [0, 0.1) is 23.3 Å². The lowest BCUT2D eigenvalue weighted by atomic mass is 10.0. The van der Waals surface area contributed by atoms with Crippen molar-refractivity contribution >= 4 is 0 Å². The van der Waals surface area contributed by atoms with Gasteiger partial charge in [0.2, 0.25) is 5.82 Å². The van der Waals surface area contributed by atoms with Crippen LogP contribution in [-0.2, 0) is 6.61 Å². The Morgan fingerprint density at radius 3 is 1.69 bits per heavy atom. The maximum Gasteiger partial charge on any atom is 0.201 e. The van der Waals surface area contributed by atoms with Crippen LogP contribution >= 0.6 is 0 Å². The van der Waals surface area contributed by atoms with Crippen molar-refractivity contribution in [2.24, 2.45) is 0 Å². The van der Waals surface area contributed by atoms with Gasteiger partial charge in [0.25, 0.3) is 0 Å². The van der Waals surface area contributed by atoms with Crippen molar-refractivity contribution in [1.29, 1.82) is 0 Å². The minimum atomic E-state index is -1.06. The normalized spacial score (nSPS) is 10.8. The van der Waals surface area contributed by atoms with Crippen LogP contribution in [0.1, 0.15) is 12.5 Å². The summed E-state index contributed by atoms with van der Waals surface area (Å²) in [5, 5.41) is 0. The van der Waals surface area contributed by atoms with E-state index in [1.54, 1.807) is 55.5 Å². The van der Waals surface area contributed by atoms with Gasteiger partial charge in [-0.05, 0) is 54.4 Å². The largest absolute Gasteiger partial charge is 0.497 e. The van der Waals surface area contributed by atoms with Gasteiger partial charge in [0.05, 0.1) is 13.7 Å². The van der Waals surface area contributed by atoms with E-state index in [0.29, 0.717) is 22.6 Å². The molecule has 0 saturated heterocycles. The molecule has 7 heteroatoms. The molecule has 0 radical (unpaired) electrons. The first-order chi connectivity index (χ1) is 16.9. The first kappa shape index (κ1) is 24.1. The van der Waals surface area contributed by atoms with E-state index >= 15 is 0 Å². The number of methoxy groups -OCH3 is 1. The number of halogens is 4. The molecule has 4 aromatic rings. The molecule has 0 atom stereocenters. The van der Waals surface area contributed by atoms with Gasteiger partial charge in [0.1, 0.15) is 18.1 Å². The van der Waals surface area contributed by atoms with Crippen LogP contribution in [-0.4, -0.2) is 13.7 Å². The third kappa shape index (κ3) is 5.09. The van der Waals surface area contributed by atoms with Crippen molar-refractivity contribution in [2.75, 3.05) is 13.7 Å². The number of rotatable bonds is 8. The van der Waals surface area contributed by atoms with Crippen LogP contribution in [0.15, 0.2) is 72.8 Å². The van der Waals surface area contributed by atoms with Gasteiger partial charge in [-0.15, -0.1) is 0 Å². The summed E-state index contributed by atoms with van der Waals surface area (Å²) in [6.07, 6.45) is 0. The van der Waals surface area contributed by atoms with Crippen molar-refractivity contribution in [3.05, 3.63) is 102 Å². The average Bonchev–Trinajstić information content (AvgIpc) is 2.88. The molecule has 0 bridgehead atoms. The molecule has 180 valence electrons. The fourth-order valence-electron chi connectivity index (χ4n) is 3.61. The second-order valence-corrected chi connectivity index (χ2v) is 7.61. The van der Waals surface area contributed by atoms with Crippen LogP contribution in [0.25, 0.3) is 22.3 Å². The fraction of sp³-hybridized carbons (Fsp3) is 0.143. The van der Waals surface area contributed by atoms with Gasteiger partial charge in [-0.1, -0.05) is 36.4 Å². The van der Waals surface area contributed by atoms with Crippen LogP contribution in [0.4, 0.5) is 17.6 Å². The van der Waals surface area contributed by atoms with Crippen LogP contribution in [0.5, 0.6) is 17.2 Å². The van der Waals surface area contributed by atoms with Gasteiger partial charge in [-0.25, -0.2) is 13.2 Å². The highest BCUT2D eigenvalue weighted by Gasteiger charge is 2.17. The molecule has 0 aliphatic rings. The Morgan fingerprint density at radius 2 is 1.11 bits per heavy atom. The van der Waals surface area contributed by atoms with E-state index < -0.39 is 23.3 Å². The second kappa shape index (κ2) is 10.5. The minimum absolute atomic E-state index is 0.0449. The summed E-state index contributed by atoms with van der Waals surface area (Å²) in [7, 11) is 1.52. The van der Waals surface area contributed by atoms with E-state index in [-0.39, 0.29) is 35.7 Å². The van der Waals surface area contributed by atoms with Crippen molar-refractivity contribution in [3.63, 3.8) is 0 Å². The molecule has 4 aromatic carbocycles. The molecule has 0 saturated carbocycles. The van der Waals surface area contributed by atoms with Crippen LogP contribution < -0.4 is 14.2 Å². The predicted molar refractivity (Wildman–Crippen MR) is 126 cm³/mol. The minimum Gasteiger partial charge on any atom is -0.497 e. The van der Waals surface area contributed by atoms with E-state index in [9.17, 15) is 17.6 Å². The SMILES string of the molecule is CCOc1ccc(-c2ccc(OCc3ccc(-c4ccc(OC)cc4)c(F)c3F)cc2)c(F)c1F. The molecule has 35 heavy (non-hydrogen) atoms. The lowest BCUT2D eigenvalue weighted by molar-refractivity contribution is 0.297. The maximum absolute atomic E-state index is 14.7. The molecule has 0 heterocycles. The maximum atomic E-state index is 14.7. The summed E-state index contributed by atoms with van der Waals surface area (Å²) in [5.41, 5.74) is 1.19. The van der Waals surface area contributed by atoms with Crippen LogP contribution in [0.2, 0.25) is 0 Å². The summed E-state index contributed by atoms with van der Waals surface area (Å²) in [6, 6.07) is 18.6.